The van der Waals surface area contributed by atoms with Crippen molar-refractivity contribution in [3.8, 4) is 0 Å². The number of fused-ring (bicyclic) bond motifs is 2. The summed E-state index contributed by atoms with van der Waals surface area (Å²) in [4.78, 5) is 35.8. The van der Waals surface area contributed by atoms with Gasteiger partial charge >= 0.3 is 11.9 Å². The molecule has 0 aliphatic heterocycles. The summed E-state index contributed by atoms with van der Waals surface area (Å²) in [6.45, 7) is 3.07. The van der Waals surface area contributed by atoms with Crippen LogP contribution in [0.25, 0.3) is 20.2 Å². The predicted octanol–water partition coefficient (Wildman–Crippen LogP) is 2.68. The number of aliphatic hydroxyl groups is 1. The van der Waals surface area contributed by atoms with E-state index in [0.29, 0.717) is 15.5 Å². The number of aliphatic hydroxyl groups excluding tert-OH is 1. The van der Waals surface area contributed by atoms with Crippen LogP contribution in [0.3, 0.4) is 0 Å². The molecule has 156 valence electrons. The molecule has 0 amide bonds. The fourth-order valence-corrected chi connectivity index (χ4v) is 3.82. The zero-order valence-corrected chi connectivity index (χ0v) is 16.9. The Morgan fingerprint density at radius 2 is 1.80 bits per heavy atom. The van der Waals surface area contributed by atoms with E-state index in [0.717, 1.165) is 10.8 Å². The van der Waals surface area contributed by atoms with Crippen molar-refractivity contribution < 1.29 is 28.9 Å². The third-order valence-corrected chi connectivity index (χ3v) is 5.30. The van der Waals surface area contributed by atoms with Gasteiger partial charge in [-0.15, -0.1) is 11.3 Å². The van der Waals surface area contributed by atoms with Crippen molar-refractivity contribution in [1.29, 1.82) is 0 Å². The number of benzene rings is 2. The number of carbonyl (C=O) groups is 2. The quantitative estimate of drug-likeness (QED) is 0.242. The molecule has 1 unspecified atom stereocenters. The summed E-state index contributed by atoms with van der Waals surface area (Å²) in [6, 6.07) is 12.1. The summed E-state index contributed by atoms with van der Waals surface area (Å²) >= 11 is 1.42. The molecule has 3 aromatic rings. The van der Waals surface area contributed by atoms with E-state index in [1.807, 2.05) is 18.2 Å². The average Bonchev–Trinajstić information content (AvgIpc) is 2.76. The Bertz CT molecular complexity index is 1140. The molecule has 0 saturated heterocycles. The van der Waals surface area contributed by atoms with E-state index in [9.17, 15) is 19.5 Å². The first kappa shape index (κ1) is 21.6. The van der Waals surface area contributed by atoms with Gasteiger partial charge in [0, 0.05) is 26.2 Å². The first-order valence-electron chi connectivity index (χ1n) is 9.17. The van der Waals surface area contributed by atoms with Gasteiger partial charge in [-0.1, -0.05) is 18.7 Å². The van der Waals surface area contributed by atoms with Crippen molar-refractivity contribution in [2.24, 2.45) is 0 Å². The van der Waals surface area contributed by atoms with E-state index in [2.05, 4.69) is 6.58 Å². The molecule has 0 saturated carbocycles. The zero-order valence-electron chi connectivity index (χ0n) is 16.0. The summed E-state index contributed by atoms with van der Waals surface area (Å²) in [5.41, 5.74) is 0.212. The molecule has 0 bridgehead atoms. The molecule has 0 aliphatic rings. The zero-order chi connectivity index (χ0) is 21.5. The molecule has 0 aliphatic carbocycles. The highest BCUT2D eigenvalue weighted by Gasteiger charge is 2.14. The number of hydrogen-bond donors (Lipinski definition) is 1. The largest absolute Gasteiger partial charge is 0.460 e. The first-order chi connectivity index (χ1) is 14.5. The Hall–Kier alpha value is -3.07. The van der Waals surface area contributed by atoms with Crippen molar-refractivity contribution >= 4 is 43.4 Å². The predicted molar refractivity (Wildman–Crippen MR) is 114 cm³/mol. The van der Waals surface area contributed by atoms with Crippen LogP contribution in [0.2, 0.25) is 0 Å². The summed E-state index contributed by atoms with van der Waals surface area (Å²) < 4.78 is 16.5. The SMILES string of the molecule is C=CC(=O)OCCOCC(O)COC(=O)c1ccc2c(=O)c3ccccc3sc2c1. The Labute approximate surface area is 176 Å². The molecule has 3 rings (SSSR count). The van der Waals surface area contributed by atoms with Crippen LogP contribution >= 0.6 is 11.3 Å². The Morgan fingerprint density at radius 3 is 2.60 bits per heavy atom. The lowest BCUT2D eigenvalue weighted by Crippen LogP contribution is -2.24. The maximum absolute atomic E-state index is 12.6. The van der Waals surface area contributed by atoms with Gasteiger partial charge in [0.15, 0.2) is 5.43 Å². The van der Waals surface area contributed by atoms with Gasteiger partial charge in [0.2, 0.25) is 0 Å². The monoisotopic (exact) mass is 428 g/mol. The molecule has 1 N–H and O–H groups in total. The van der Waals surface area contributed by atoms with Crippen LogP contribution in [0.5, 0.6) is 0 Å². The minimum atomic E-state index is -1.02. The van der Waals surface area contributed by atoms with Gasteiger partial charge < -0.3 is 19.3 Å². The van der Waals surface area contributed by atoms with Crippen molar-refractivity contribution in [2.75, 3.05) is 26.4 Å². The number of carbonyl (C=O) groups excluding carboxylic acids is 2. The third kappa shape index (κ3) is 5.29. The molecule has 7 nitrogen and oxygen atoms in total. The second-order valence-corrected chi connectivity index (χ2v) is 7.42. The topological polar surface area (TPSA) is 99.1 Å². The van der Waals surface area contributed by atoms with Crippen molar-refractivity contribution in [3.05, 3.63) is 70.9 Å². The molecule has 0 radical (unpaired) electrons. The van der Waals surface area contributed by atoms with Gasteiger partial charge in [-0.2, -0.15) is 0 Å². The van der Waals surface area contributed by atoms with Crippen molar-refractivity contribution in [2.45, 2.75) is 6.10 Å². The van der Waals surface area contributed by atoms with E-state index >= 15 is 0 Å². The maximum atomic E-state index is 12.6. The van der Waals surface area contributed by atoms with E-state index < -0.39 is 18.0 Å². The van der Waals surface area contributed by atoms with Crippen LogP contribution in [-0.2, 0) is 19.0 Å². The molecule has 1 aromatic heterocycles. The maximum Gasteiger partial charge on any atom is 0.338 e. The van der Waals surface area contributed by atoms with Crippen LogP contribution < -0.4 is 5.43 Å². The Balaban J connectivity index is 1.56. The number of esters is 2. The smallest absolute Gasteiger partial charge is 0.338 e. The lowest BCUT2D eigenvalue weighted by atomic mass is 10.1. The lowest BCUT2D eigenvalue weighted by Gasteiger charge is -2.12. The van der Waals surface area contributed by atoms with Crippen LogP contribution in [0.15, 0.2) is 59.9 Å². The van der Waals surface area contributed by atoms with E-state index in [-0.39, 0.29) is 37.4 Å². The first-order valence-corrected chi connectivity index (χ1v) is 9.99. The van der Waals surface area contributed by atoms with Gasteiger partial charge in [0.25, 0.3) is 0 Å². The fourth-order valence-electron chi connectivity index (χ4n) is 2.71. The Kier molecular flexibility index (Phi) is 7.29. The van der Waals surface area contributed by atoms with Crippen LogP contribution in [0.4, 0.5) is 0 Å². The highest BCUT2D eigenvalue weighted by molar-refractivity contribution is 7.24. The van der Waals surface area contributed by atoms with Crippen molar-refractivity contribution in [3.63, 3.8) is 0 Å². The van der Waals surface area contributed by atoms with Gasteiger partial charge in [-0.25, -0.2) is 9.59 Å². The van der Waals surface area contributed by atoms with E-state index in [1.54, 1.807) is 18.2 Å². The van der Waals surface area contributed by atoms with Gasteiger partial charge in [0.05, 0.1) is 18.8 Å². The number of rotatable bonds is 9. The van der Waals surface area contributed by atoms with E-state index in [4.69, 9.17) is 14.2 Å². The molecule has 8 heteroatoms. The average molecular weight is 428 g/mol. The minimum absolute atomic E-state index is 0.0337. The molecule has 0 spiro atoms. The van der Waals surface area contributed by atoms with Gasteiger partial charge in [-0.05, 0) is 30.3 Å². The lowest BCUT2D eigenvalue weighted by molar-refractivity contribution is -0.139. The number of hydrogen-bond acceptors (Lipinski definition) is 8. The molecular formula is C22H20O7S. The standard InChI is InChI=1S/C22H20O7S/c1-2-20(24)28-10-9-27-12-15(23)13-29-22(26)14-7-8-17-19(11-14)30-18-6-4-3-5-16(18)21(17)25/h2-8,11,15,23H,1,9-10,12-13H2. The summed E-state index contributed by atoms with van der Waals surface area (Å²) in [5.74, 6) is -1.16. The van der Waals surface area contributed by atoms with E-state index in [1.165, 1.54) is 17.4 Å². The molecule has 1 atom stereocenters. The highest BCUT2D eigenvalue weighted by atomic mass is 32.1. The van der Waals surface area contributed by atoms with Crippen LogP contribution in [0.1, 0.15) is 10.4 Å². The van der Waals surface area contributed by atoms with Crippen molar-refractivity contribution in [1.82, 2.24) is 0 Å². The molecule has 30 heavy (non-hydrogen) atoms. The molecular weight excluding hydrogens is 408 g/mol. The second-order valence-electron chi connectivity index (χ2n) is 6.34. The molecule has 1 heterocycles. The Morgan fingerprint density at radius 1 is 1.03 bits per heavy atom. The minimum Gasteiger partial charge on any atom is -0.460 e. The summed E-state index contributed by atoms with van der Waals surface area (Å²) in [7, 11) is 0. The second kappa shape index (κ2) is 10.1. The normalized spacial score (nSPS) is 11.9. The number of ether oxygens (including phenoxy) is 3. The molecule has 2 aromatic carbocycles. The highest BCUT2D eigenvalue weighted by Crippen LogP contribution is 2.25. The third-order valence-electron chi connectivity index (χ3n) is 4.17. The van der Waals surface area contributed by atoms with Crippen LogP contribution in [-0.4, -0.2) is 49.6 Å². The summed E-state index contributed by atoms with van der Waals surface area (Å²) in [5, 5.41) is 11.0. The van der Waals surface area contributed by atoms with Gasteiger partial charge in [0.1, 0.15) is 19.3 Å². The molecule has 0 fully saturated rings. The van der Waals surface area contributed by atoms with Gasteiger partial charge in [-0.3, -0.25) is 4.79 Å². The van der Waals surface area contributed by atoms with Crippen LogP contribution in [0, 0.1) is 0 Å². The summed E-state index contributed by atoms with van der Waals surface area (Å²) in [6.07, 6.45) is 0.0202. The fraction of sp³-hybridized carbons (Fsp3) is 0.227.